The van der Waals surface area contributed by atoms with E-state index < -0.39 is 0 Å². The molecule has 0 aliphatic carbocycles. The van der Waals surface area contributed by atoms with E-state index in [0.29, 0.717) is 28.8 Å². The number of hydrogen-bond donors (Lipinski definition) is 0. The largest absolute Gasteiger partial charge is 0.474 e. The molecule has 0 amide bonds. The number of nitrogens with zero attached hydrogens (tertiary/aromatic N) is 3. The molecule has 0 N–H and O–H groups in total. The van der Waals surface area contributed by atoms with E-state index in [4.69, 9.17) is 9.47 Å². The topological polar surface area (TPSA) is 49.2 Å². The Balaban J connectivity index is 1.81. The number of pyridine rings is 1. The van der Waals surface area contributed by atoms with Gasteiger partial charge in [0.15, 0.2) is 5.82 Å². The van der Waals surface area contributed by atoms with Gasteiger partial charge in [-0.25, -0.2) is 14.1 Å². The molecule has 0 radical (unpaired) electrons. The summed E-state index contributed by atoms with van der Waals surface area (Å²) in [4.78, 5) is 4.27. The van der Waals surface area contributed by atoms with Crippen molar-refractivity contribution in [2.75, 3.05) is 0 Å². The van der Waals surface area contributed by atoms with Gasteiger partial charge in [0.1, 0.15) is 17.3 Å². The standard InChI is InChI=1S/C18H18FN3O2/c1-12(2)23-18-7-9-22(21-18)17-11-15(6-8-20-17)24-14-5-4-13(3)16(19)10-14/h4-12H,1-3H3. The number of rotatable bonds is 5. The van der Waals surface area contributed by atoms with Crippen LogP contribution < -0.4 is 9.47 Å². The smallest absolute Gasteiger partial charge is 0.233 e. The van der Waals surface area contributed by atoms with Crippen LogP contribution in [-0.4, -0.2) is 20.9 Å². The Kier molecular flexibility index (Phi) is 4.46. The van der Waals surface area contributed by atoms with Crippen molar-refractivity contribution < 1.29 is 13.9 Å². The summed E-state index contributed by atoms with van der Waals surface area (Å²) in [5.41, 5.74) is 0.576. The molecular weight excluding hydrogens is 309 g/mol. The van der Waals surface area contributed by atoms with Gasteiger partial charge in [0.05, 0.1) is 6.10 Å². The van der Waals surface area contributed by atoms with Gasteiger partial charge < -0.3 is 9.47 Å². The van der Waals surface area contributed by atoms with Gasteiger partial charge in [-0.05, 0) is 38.5 Å². The third-order valence-corrected chi connectivity index (χ3v) is 3.25. The van der Waals surface area contributed by atoms with Crippen molar-refractivity contribution >= 4 is 0 Å². The zero-order chi connectivity index (χ0) is 17.1. The second-order valence-corrected chi connectivity index (χ2v) is 5.63. The van der Waals surface area contributed by atoms with Gasteiger partial charge in [-0.2, -0.15) is 0 Å². The summed E-state index contributed by atoms with van der Waals surface area (Å²) >= 11 is 0. The molecule has 0 aliphatic rings. The molecule has 24 heavy (non-hydrogen) atoms. The maximum absolute atomic E-state index is 13.6. The van der Waals surface area contributed by atoms with Crippen LogP contribution in [0.2, 0.25) is 0 Å². The summed E-state index contributed by atoms with van der Waals surface area (Å²) in [5, 5.41) is 4.31. The third-order valence-electron chi connectivity index (χ3n) is 3.25. The third kappa shape index (κ3) is 3.71. The highest BCUT2D eigenvalue weighted by Crippen LogP contribution is 2.24. The van der Waals surface area contributed by atoms with Gasteiger partial charge >= 0.3 is 0 Å². The highest BCUT2D eigenvalue weighted by Gasteiger charge is 2.07. The maximum Gasteiger partial charge on any atom is 0.233 e. The van der Waals surface area contributed by atoms with Gasteiger partial charge in [0, 0.05) is 30.6 Å². The van der Waals surface area contributed by atoms with Gasteiger partial charge in [-0.15, -0.1) is 5.10 Å². The zero-order valence-electron chi connectivity index (χ0n) is 13.7. The van der Waals surface area contributed by atoms with E-state index in [2.05, 4.69) is 10.1 Å². The van der Waals surface area contributed by atoms with E-state index in [1.165, 1.54) is 6.07 Å². The van der Waals surface area contributed by atoms with E-state index >= 15 is 0 Å². The van der Waals surface area contributed by atoms with Crippen LogP contribution in [0.15, 0.2) is 48.8 Å². The molecule has 2 heterocycles. The van der Waals surface area contributed by atoms with Crippen molar-refractivity contribution in [3.05, 3.63) is 60.2 Å². The molecule has 0 fully saturated rings. The minimum atomic E-state index is -0.302. The van der Waals surface area contributed by atoms with Crippen LogP contribution >= 0.6 is 0 Å². The molecule has 6 heteroatoms. The molecule has 3 aromatic rings. The fourth-order valence-electron chi connectivity index (χ4n) is 2.10. The van der Waals surface area contributed by atoms with Crippen molar-refractivity contribution in [1.29, 1.82) is 0 Å². The molecule has 1 aromatic carbocycles. The van der Waals surface area contributed by atoms with E-state index in [-0.39, 0.29) is 11.9 Å². The predicted molar refractivity (Wildman–Crippen MR) is 88.3 cm³/mol. The first-order chi connectivity index (χ1) is 11.5. The van der Waals surface area contributed by atoms with Crippen LogP contribution in [0.25, 0.3) is 5.82 Å². The minimum absolute atomic E-state index is 0.0485. The van der Waals surface area contributed by atoms with E-state index in [0.717, 1.165) is 0 Å². The Bertz CT molecular complexity index is 846. The molecule has 0 saturated carbocycles. The lowest BCUT2D eigenvalue weighted by Crippen LogP contribution is -2.06. The summed E-state index contributed by atoms with van der Waals surface area (Å²) in [6, 6.07) is 9.96. The van der Waals surface area contributed by atoms with Crippen molar-refractivity contribution in [1.82, 2.24) is 14.8 Å². The van der Waals surface area contributed by atoms with Crippen LogP contribution in [0.1, 0.15) is 19.4 Å². The Morgan fingerprint density at radius 2 is 1.88 bits per heavy atom. The molecular formula is C18H18FN3O2. The molecule has 5 nitrogen and oxygen atoms in total. The number of ether oxygens (including phenoxy) is 2. The normalized spacial score (nSPS) is 10.9. The Morgan fingerprint density at radius 3 is 2.62 bits per heavy atom. The lowest BCUT2D eigenvalue weighted by molar-refractivity contribution is 0.231. The first kappa shape index (κ1) is 16.0. The summed E-state index contributed by atoms with van der Waals surface area (Å²) < 4.78 is 26.4. The molecule has 3 rings (SSSR count). The van der Waals surface area contributed by atoms with Crippen LogP contribution in [0.3, 0.4) is 0 Å². The van der Waals surface area contributed by atoms with Crippen molar-refractivity contribution in [3.8, 4) is 23.2 Å². The highest BCUT2D eigenvalue weighted by atomic mass is 19.1. The monoisotopic (exact) mass is 327 g/mol. The lowest BCUT2D eigenvalue weighted by Gasteiger charge is -2.08. The van der Waals surface area contributed by atoms with Gasteiger partial charge in [0.2, 0.25) is 5.88 Å². The maximum atomic E-state index is 13.6. The first-order valence-corrected chi connectivity index (χ1v) is 7.64. The van der Waals surface area contributed by atoms with E-state index in [1.807, 2.05) is 13.8 Å². The Hall–Kier alpha value is -2.89. The second-order valence-electron chi connectivity index (χ2n) is 5.63. The predicted octanol–water partition coefficient (Wildman–Crippen LogP) is 4.29. The summed E-state index contributed by atoms with van der Waals surface area (Å²) in [6.07, 6.45) is 3.42. The van der Waals surface area contributed by atoms with Crippen LogP contribution in [0.4, 0.5) is 4.39 Å². The first-order valence-electron chi connectivity index (χ1n) is 7.64. The summed E-state index contributed by atoms with van der Waals surface area (Å²) in [5.74, 6) is 1.78. The number of aromatic nitrogens is 3. The number of hydrogen-bond acceptors (Lipinski definition) is 4. The van der Waals surface area contributed by atoms with Gasteiger partial charge in [-0.1, -0.05) is 6.07 Å². The summed E-state index contributed by atoms with van der Waals surface area (Å²) in [7, 11) is 0. The average molecular weight is 327 g/mol. The Morgan fingerprint density at radius 1 is 1.08 bits per heavy atom. The number of halogens is 1. The van der Waals surface area contributed by atoms with Crippen LogP contribution in [-0.2, 0) is 0 Å². The molecule has 0 saturated heterocycles. The fraction of sp³-hybridized carbons (Fsp3) is 0.222. The highest BCUT2D eigenvalue weighted by molar-refractivity contribution is 5.37. The Labute approximate surface area is 139 Å². The van der Waals surface area contributed by atoms with Crippen molar-refractivity contribution in [3.63, 3.8) is 0 Å². The quantitative estimate of drug-likeness (QED) is 0.701. The fourth-order valence-corrected chi connectivity index (χ4v) is 2.10. The molecule has 0 spiro atoms. The molecule has 2 aromatic heterocycles. The molecule has 0 aliphatic heterocycles. The van der Waals surface area contributed by atoms with E-state index in [9.17, 15) is 4.39 Å². The SMILES string of the molecule is Cc1ccc(Oc2ccnc(-n3ccc(OC(C)C)n3)c2)cc1F. The van der Waals surface area contributed by atoms with Gasteiger partial charge in [-0.3, -0.25) is 0 Å². The van der Waals surface area contributed by atoms with Crippen molar-refractivity contribution in [2.45, 2.75) is 26.9 Å². The van der Waals surface area contributed by atoms with Crippen LogP contribution in [0, 0.1) is 12.7 Å². The van der Waals surface area contributed by atoms with Gasteiger partial charge in [0.25, 0.3) is 0 Å². The molecule has 0 atom stereocenters. The second kappa shape index (κ2) is 6.70. The lowest BCUT2D eigenvalue weighted by atomic mass is 10.2. The van der Waals surface area contributed by atoms with Crippen molar-refractivity contribution in [2.24, 2.45) is 0 Å². The number of benzene rings is 1. The molecule has 124 valence electrons. The summed E-state index contributed by atoms with van der Waals surface area (Å²) in [6.45, 7) is 5.58. The van der Waals surface area contributed by atoms with Crippen LogP contribution in [0.5, 0.6) is 17.4 Å². The zero-order valence-corrected chi connectivity index (χ0v) is 13.7. The average Bonchev–Trinajstić information content (AvgIpc) is 2.99. The minimum Gasteiger partial charge on any atom is -0.474 e. The van der Waals surface area contributed by atoms with E-state index in [1.54, 1.807) is 54.3 Å². The molecule has 0 unspecified atom stereocenters. The molecule has 0 bridgehead atoms. The number of aryl methyl sites for hydroxylation is 1.